The third-order valence-electron chi connectivity index (χ3n) is 4.94. The van der Waals surface area contributed by atoms with Gasteiger partial charge < -0.3 is 15.5 Å². The van der Waals surface area contributed by atoms with Crippen molar-refractivity contribution in [1.29, 1.82) is 0 Å². The first kappa shape index (κ1) is 22.4. The van der Waals surface area contributed by atoms with Crippen LogP contribution in [0.15, 0.2) is 0 Å². The van der Waals surface area contributed by atoms with E-state index >= 15 is 0 Å². The molecule has 3 unspecified atom stereocenters. The average Bonchev–Trinajstić information content (AvgIpc) is 2.52. The Hall–Kier alpha value is -0.610. The average molecular weight is 330 g/mol. The monoisotopic (exact) mass is 329 g/mol. The summed E-state index contributed by atoms with van der Waals surface area (Å²) in [4.78, 5) is 12.1. The molecule has 4 heteroatoms. The van der Waals surface area contributed by atoms with Crippen molar-refractivity contribution in [2.75, 3.05) is 19.8 Å². The first-order valence-corrected chi connectivity index (χ1v) is 9.47. The summed E-state index contributed by atoms with van der Waals surface area (Å²) < 4.78 is 0. The van der Waals surface area contributed by atoms with E-state index in [2.05, 4.69) is 33.0 Å². The van der Waals surface area contributed by atoms with Gasteiger partial charge in [-0.3, -0.25) is 4.79 Å². The van der Waals surface area contributed by atoms with E-state index in [-0.39, 0.29) is 18.4 Å². The van der Waals surface area contributed by atoms with Crippen LogP contribution < -0.4 is 5.32 Å². The van der Waals surface area contributed by atoms with Crippen LogP contribution in [0.3, 0.4) is 0 Å². The lowest BCUT2D eigenvalue weighted by molar-refractivity contribution is -0.126. The molecular weight excluding hydrogens is 290 g/mol. The highest BCUT2D eigenvalue weighted by Gasteiger charge is 2.22. The SMILES string of the molecule is CCCCC(CO)C(C)CCCCC(C(=O)NCCO)C(C)C. The van der Waals surface area contributed by atoms with Crippen molar-refractivity contribution in [3.8, 4) is 0 Å². The van der Waals surface area contributed by atoms with E-state index < -0.39 is 0 Å². The number of nitrogens with one attached hydrogen (secondary N) is 1. The summed E-state index contributed by atoms with van der Waals surface area (Å²) in [6, 6.07) is 0. The second-order valence-electron chi connectivity index (χ2n) is 7.21. The van der Waals surface area contributed by atoms with E-state index in [4.69, 9.17) is 5.11 Å². The Balaban J connectivity index is 4.11. The van der Waals surface area contributed by atoms with Crippen molar-refractivity contribution in [2.45, 2.75) is 72.6 Å². The number of amides is 1. The van der Waals surface area contributed by atoms with Gasteiger partial charge in [-0.1, -0.05) is 59.8 Å². The van der Waals surface area contributed by atoms with E-state index in [1.165, 1.54) is 12.8 Å². The number of unbranched alkanes of at least 4 members (excludes halogenated alkanes) is 2. The summed E-state index contributed by atoms with van der Waals surface area (Å²) in [6.07, 6.45) is 7.68. The molecule has 0 fully saturated rings. The number of rotatable bonds is 14. The second-order valence-corrected chi connectivity index (χ2v) is 7.21. The minimum atomic E-state index is -0.00558. The van der Waals surface area contributed by atoms with Gasteiger partial charge in [-0.15, -0.1) is 0 Å². The molecule has 138 valence electrons. The zero-order valence-electron chi connectivity index (χ0n) is 15.7. The van der Waals surface area contributed by atoms with E-state index in [1.54, 1.807) is 0 Å². The largest absolute Gasteiger partial charge is 0.396 e. The summed E-state index contributed by atoms with van der Waals surface area (Å²) in [5, 5.41) is 21.1. The Bertz CT molecular complexity index is 294. The van der Waals surface area contributed by atoms with Crippen LogP contribution in [0.2, 0.25) is 0 Å². The van der Waals surface area contributed by atoms with Gasteiger partial charge in [-0.05, 0) is 30.6 Å². The van der Waals surface area contributed by atoms with Crippen LogP contribution in [0.25, 0.3) is 0 Å². The van der Waals surface area contributed by atoms with Crippen molar-refractivity contribution in [3.05, 3.63) is 0 Å². The second kappa shape index (κ2) is 13.8. The number of hydrogen-bond donors (Lipinski definition) is 3. The maximum atomic E-state index is 12.1. The van der Waals surface area contributed by atoms with E-state index in [9.17, 15) is 9.90 Å². The van der Waals surface area contributed by atoms with Gasteiger partial charge in [0.15, 0.2) is 0 Å². The summed E-state index contributed by atoms with van der Waals surface area (Å²) in [5.41, 5.74) is 0. The highest BCUT2D eigenvalue weighted by atomic mass is 16.3. The standard InChI is InChI=1S/C19H39NO3/c1-5-6-10-17(14-22)16(4)9-7-8-11-18(15(2)3)19(23)20-12-13-21/h15-18,21-22H,5-14H2,1-4H3,(H,20,23). The van der Waals surface area contributed by atoms with Gasteiger partial charge in [0.1, 0.15) is 0 Å². The number of aliphatic hydroxyl groups excluding tert-OH is 2. The van der Waals surface area contributed by atoms with Crippen LogP contribution >= 0.6 is 0 Å². The third-order valence-corrected chi connectivity index (χ3v) is 4.94. The topological polar surface area (TPSA) is 69.6 Å². The molecule has 4 nitrogen and oxygen atoms in total. The molecule has 0 rings (SSSR count). The molecule has 1 amide bonds. The van der Waals surface area contributed by atoms with Crippen molar-refractivity contribution in [3.63, 3.8) is 0 Å². The lowest BCUT2D eigenvalue weighted by Gasteiger charge is -2.23. The Labute approximate surface area is 143 Å². The molecule has 0 aromatic carbocycles. The molecule has 0 bridgehead atoms. The van der Waals surface area contributed by atoms with Gasteiger partial charge in [-0.2, -0.15) is 0 Å². The fourth-order valence-corrected chi connectivity index (χ4v) is 3.17. The van der Waals surface area contributed by atoms with Gasteiger partial charge in [-0.25, -0.2) is 0 Å². The molecule has 0 saturated carbocycles. The predicted octanol–water partition coefficient (Wildman–Crippen LogP) is 3.36. The molecule has 0 spiro atoms. The molecule has 3 atom stereocenters. The maximum absolute atomic E-state index is 12.1. The van der Waals surface area contributed by atoms with Gasteiger partial charge in [0.05, 0.1) is 6.61 Å². The lowest BCUT2D eigenvalue weighted by Crippen LogP contribution is -2.35. The van der Waals surface area contributed by atoms with Gasteiger partial charge in [0.2, 0.25) is 5.91 Å². The van der Waals surface area contributed by atoms with Gasteiger partial charge >= 0.3 is 0 Å². The highest BCUT2D eigenvalue weighted by Crippen LogP contribution is 2.25. The van der Waals surface area contributed by atoms with Gasteiger partial charge in [0, 0.05) is 19.1 Å². The first-order chi connectivity index (χ1) is 11.0. The number of carbonyl (C=O) groups is 1. The molecular formula is C19H39NO3. The van der Waals surface area contributed by atoms with Crippen molar-refractivity contribution in [1.82, 2.24) is 5.32 Å². The minimum Gasteiger partial charge on any atom is -0.396 e. The predicted molar refractivity (Wildman–Crippen MR) is 96.2 cm³/mol. The van der Waals surface area contributed by atoms with E-state index in [0.29, 0.717) is 30.9 Å². The smallest absolute Gasteiger partial charge is 0.223 e. The Morgan fingerprint density at radius 1 is 1.00 bits per heavy atom. The normalized spacial score (nSPS) is 15.4. The van der Waals surface area contributed by atoms with Crippen LogP contribution in [0.5, 0.6) is 0 Å². The highest BCUT2D eigenvalue weighted by molar-refractivity contribution is 5.78. The number of hydrogen-bond acceptors (Lipinski definition) is 3. The summed E-state index contributed by atoms with van der Waals surface area (Å²) in [5.74, 6) is 1.39. The molecule has 0 aromatic heterocycles. The maximum Gasteiger partial charge on any atom is 0.223 e. The molecule has 23 heavy (non-hydrogen) atoms. The van der Waals surface area contributed by atoms with Gasteiger partial charge in [0.25, 0.3) is 0 Å². The zero-order valence-corrected chi connectivity index (χ0v) is 15.7. The summed E-state index contributed by atoms with van der Waals surface area (Å²) in [6.45, 7) is 9.22. The Kier molecular flexibility index (Phi) is 13.4. The quantitative estimate of drug-likeness (QED) is 0.428. The van der Waals surface area contributed by atoms with E-state index in [0.717, 1.165) is 32.1 Å². The van der Waals surface area contributed by atoms with Crippen LogP contribution in [0, 0.1) is 23.7 Å². The molecule has 0 aliphatic carbocycles. The Morgan fingerprint density at radius 3 is 2.17 bits per heavy atom. The molecule has 0 saturated heterocycles. The summed E-state index contributed by atoms with van der Waals surface area (Å²) >= 11 is 0. The Morgan fingerprint density at radius 2 is 1.65 bits per heavy atom. The van der Waals surface area contributed by atoms with Crippen LogP contribution in [-0.2, 0) is 4.79 Å². The molecule has 0 aliphatic rings. The molecule has 0 radical (unpaired) electrons. The van der Waals surface area contributed by atoms with E-state index in [1.807, 2.05) is 0 Å². The van der Waals surface area contributed by atoms with Crippen molar-refractivity contribution in [2.24, 2.45) is 23.7 Å². The van der Waals surface area contributed by atoms with Crippen LogP contribution in [0.4, 0.5) is 0 Å². The minimum absolute atomic E-state index is 0.00558. The fraction of sp³-hybridized carbons (Fsp3) is 0.947. The fourth-order valence-electron chi connectivity index (χ4n) is 3.17. The van der Waals surface area contributed by atoms with Crippen molar-refractivity contribution < 1.29 is 15.0 Å². The molecule has 3 N–H and O–H groups in total. The molecule has 0 aromatic rings. The third kappa shape index (κ3) is 9.98. The molecule has 0 aliphatic heterocycles. The van der Waals surface area contributed by atoms with Crippen LogP contribution in [-0.4, -0.2) is 35.9 Å². The summed E-state index contributed by atoms with van der Waals surface area (Å²) in [7, 11) is 0. The van der Waals surface area contributed by atoms with Crippen LogP contribution in [0.1, 0.15) is 72.6 Å². The van der Waals surface area contributed by atoms with Crippen molar-refractivity contribution >= 4 is 5.91 Å². The first-order valence-electron chi connectivity index (χ1n) is 9.47. The lowest BCUT2D eigenvalue weighted by atomic mass is 9.84. The molecule has 0 heterocycles. The number of carbonyl (C=O) groups excluding carboxylic acids is 1. The zero-order chi connectivity index (χ0) is 17.7. The number of aliphatic hydroxyl groups is 2.